The molecule has 0 aliphatic heterocycles. The minimum atomic E-state index is -3.77. The summed E-state index contributed by atoms with van der Waals surface area (Å²) in [5.74, 6) is 0.204. The molecule has 2 rings (SSSR count). The van der Waals surface area contributed by atoms with Gasteiger partial charge < -0.3 is 9.47 Å². The number of benzene rings is 1. The number of methoxy groups -OCH3 is 1. The van der Waals surface area contributed by atoms with E-state index < -0.39 is 14.9 Å². The number of nitrogens with zero attached hydrogens (tertiary/aromatic N) is 2. The Kier molecular flexibility index (Phi) is 7.13. The van der Waals surface area contributed by atoms with Crippen LogP contribution in [0.2, 0.25) is 0 Å². The third-order valence-corrected chi connectivity index (χ3v) is 5.99. The molecule has 9 nitrogen and oxygen atoms in total. The van der Waals surface area contributed by atoms with Gasteiger partial charge in [-0.15, -0.1) is 11.3 Å². The van der Waals surface area contributed by atoms with Gasteiger partial charge in [0.2, 0.25) is 5.75 Å². The average molecular weight is 413 g/mol. The van der Waals surface area contributed by atoms with Gasteiger partial charge in [-0.25, -0.2) is 0 Å². The van der Waals surface area contributed by atoms with E-state index in [1.54, 1.807) is 11.4 Å². The van der Waals surface area contributed by atoms with Crippen molar-refractivity contribution in [2.75, 3.05) is 13.7 Å². The number of thiophene rings is 1. The van der Waals surface area contributed by atoms with E-state index in [2.05, 4.69) is 9.93 Å². The monoisotopic (exact) mass is 413 g/mol. The number of sulfonamides is 1. The molecule has 0 unspecified atom stereocenters. The Bertz CT molecular complexity index is 910. The first-order valence-electron chi connectivity index (χ1n) is 7.96. The molecule has 0 amide bonds. The van der Waals surface area contributed by atoms with Crippen LogP contribution in [-0.2, 0) is 10.0 Å². The lowest BCUT2D eigenvalue weighted by atomic mass is 10.2. The second kappa shape index (κ2) is 9.33. The third-order valence-electron chi connectivity index (χ3n) is 3.36. The Labute approximate surface area is 160 Å². The number of hydrogen-bond donors (Lipinski definition) is 1. The van der Waals surface area contributed by atoms with E-state index in [0.717, 1.165) is 30.4 Å². The summed E-state index contributed by atoms with van der Waals surface area (Å²) in [4.78, 5) is 12.9. The zero-order valence-corrected chi connectivity index (χ0v) is 16.4. The van der Waals surface area contributed by atoms with E-state index in [4.69, 9.17) is 9.47 Å². The molecule has 11 heteroatoms. The lowest BCUT2D eigenvalue weighted by Crippen LogP contribution is -2.17. The minimum absolute atomic E-state index is 0.0345. The van der Waals surface area contributed by atoms with Crippen LogP contribution in [-0.4, -0.2) is 33.3 Å². The molecule has 0 bridgehead atoms. The molecule has 1 N–H and O–H groups in total. The van der Waals surface area contributed by atoms with Gasteiger partial charge >= 0.3 is 5.69 Å². The van der Waals surface area contributed by atoms with Crippen molar-refractivity contribution < 1.29 is 22.8 Å². The van der Waals surface area contributed by atoms with Crippen LogP contribution in [0.4, 0.5) is 5.69 Å². The van der Waals surface area contributed by atoms with Crippen molar-refractivity contribution in [3.05, 3.63) is 45.3 Å². The van der Waals surface area contributed by atoms with Gasteiger partial charge in [-0.3, -0.25) is 10.1 Å². The fraction of sp³-hybridized carbons (Fsp3) is 0.312. The van der Waals surface area contributed by atoms with Gasteiger partial charge in [0, 0.05) is 11.6 Å². The molecular weight excluding hydrogens is 394 g/mol. The third kappa shape index (κ3) is 5.41. The highest BCUT2D eigenvalue weighted by Crippen LogP contribution is 2.38. The summed E-state index contributed by atoms with van der Waals surface area (Å²) < 4.78 is 34.8. The number of unbranched alkanes of at least 4 members (excludes halogenated alkanes) is 1. The van der Waals surface area contributed by atoms with Gasteiger partial charge in [-0.05, 0) is 23.9 Å². The van der Waals surface area contributed by atoms with Crippen molar-refractivity contribution in [3.8, 4) is 11.5 Å². The molecule has 1 aromatic carbocycles. The molecule has 0 aliphatic carbocycles. The smallest absolute Gasteiger partial charge is 0.315 e. The van der Waals surface area contributed by atoms with Crippen molar-refractivity contribution in [3.63, 3.8) is 0 Å². The highest BCUT2D eigenvalue weighted by molar-refractivity contribution is 7.91. The Hall–Kier alpha value is -2.66. The number of ether oxygens (including phenoxy) is 2. The van der Waals surface area contributed by atoms with E-state index in [1.165, 1.54) is 25.3 Å². The van der Waals surface area contributed by atoms with E-state index in [0.29, 0.717) is 6.61 Å². The number of rotatable bonds is 10. The standard InChI is InChI=1S/C16H19N3O6S2/c1-3-4-7-25-16-13(19(20)21)9-12(10-14(16)24-2)11-17-18-27(22,23)15-6-5-8-26-15/h5-6,8-11,18H,3-4,7H2,1-2H3/b17-11+. The normalized spacial score (nSPS) is 11.5. The van der Waals surface area contributed by atoms with Crippen LogP contribution in [0.25, 0.3) is 0 Å². The van der Waals surface area contributed by atoms with Gasteiger partial charge in [0.25, 0.3) is 10.0 Å². The molecule has 0 atom stereocenters. The first kappa shape index (κ1) is 20.6. The van der Waals surface area contributed by atoms with Gasteiger partial charge in [0.15, 0.2) is 5.75 Å². The first-order valence-corrected chi connectivity index (χ1v) is 10.3. The number of nitrogens with one attached hydrogen (secondary N) is 1. The lowest BCUT2D eigenvalue weighted by molar-refractivity contribution is -0.386. The Balaban J connectivity index is 2.26. The Morgan fingerprint density at radius 1 is 1.41 bits per heavy atom. The van der Waals surface area contributed by atoms with Crippen LogP contribution in [0.1, 0.15) is 25.3 Å². The molecule has 0 saturated heterocycles. The van der Waals surface area contributed by atoms with Crippen molar-refractivity contribution in [1.82, 2.24) is 4.83 Å². The fourth-order valence-electron chi connectivity index (χ4n) is 2.07. The molecule has 0 spiro atoms. The number of hydrogen-bond acceptors (Lipinski definition) is 8. The highest BCUT2D eigenvalue weighted by Gasteiger charge is 2.22. The van der Waals surface area contributed by atoms with E-state index in [9.17, 15) is 18.5 Å². The SMILES string of the molecule is CCCCOc1c(OC)cc(/C=N/NS(=O)(=O)c2cccs2)cc1[N+](=O)[O-]. The van der Waals surface area contributed by atoms with Crippen molar-refractivity contribution in [1.29, 1.82) is 0 Å². The van der Waals surface area contributed by atoms with Gasteiger partial charge in [-0.1, -0.05) is 19.4 Å². The number of nitro benzene ring substituents is 1. The van der Waals surface area contributed by atoms with E-state index >= 15 is 0 Å². The molecule has 0 aliphatic rings. The average Bonchev–Trinajstić information content (AvgIpc) is 3.17. The summed E-state index contributed by atoms with van der Waals surface area (Å²) in [7, 11) is -2.40. The summed E-state index contributed by atoms with van der Waals surface area (Å²) in [5.41, 5.74) is 0.00304. The van der Waals surface area contributed by atoms with Crippen LogP contribution in [0.3, 0.4) is 0 Å². The van der Waals surface area contributed by atoms with Crippen LogP contribution in [0.15, 0.2) is 39.0 Å². The second-order valence-electron chi connectivity index (χ2n) is 5.32. The fourth-order valence-corrected chi connectivity index (χ4v) is 3.84. The number of hydrazone groups is 1. The van der Waals surface area contributed by atoms with Gasteiger partial charge in [-0.2, -0.15) is 18.4 Å². The summed E-state index contributed by atoms with van der Waals surface area (Å²) in [5, 5.41) is 16.7. The summed E-state index contributed by atoms with van der Waals surface area (Å²) in [6.45, 7) is 2.30. The first-order chi connectivity index (χ1) is 12.9. The summed E-state index contributed by atoms with van der Waals surface area (Å²) >= 11 is 1.05. The minimum Gasteiger partial charge on any atom is -0.493 e. The van der Waals surface area contributed by atoms with Crippen LogP contribution >= 0.6 is 11.3 Å². The molecule has 0 saturated carbocycles. The van der Waals surface area contributed by atoms with Crippen LogP contribution in [0, 0.1) is 10.1 Å². The lowest BCUT2D eigenvalue weighted by Gasteiger charge is -2.11. The van der Waals surface area contributed by atoms with Crippen LogP contribution < -0.4 is 14.3 Å². The van der Waals surface area contributed by atoms with Crippen LogP contribution in [0.5, 0.6) is 11.5 Å². The molecule has 1 aromatic heterocycles. The Morgan fingerprint density at radius 3 is 2.78 bits per heavy atom. The molecular formula is C16H19N3O6S2. The molecule has 0 radical (unpaired) electrons. The number of nitro groups is 1. The van der Waals surface area contributed by atoms with Gasteiger partial charge in [0.1, 0.15) is 4.21 Å². The topological polar surface area (TPSA) is 120 Å². The molecule has 146 valence electrons. The molecule has 1 heterocycles. The largest absolute Gasteiger partial charge is 0.493 e. The molecule has 27 heavy (non-hydrogen) atoms. The predicted molar refractivity (Wildman–Crippen MR) is 102 cm³/mol. The predicted octanol–water partition coefficient (Wildman–Crippen LogP) is 3.16. The van der Waals surface area contributed by atoms with Crippen molar-refractivity contribution >= 4 is 33.3 Å². The maximum absolute atomic E-state index is 12.0. The van der Waals surface area contributed by atoms with Crippen molar-refractivity contribution in [2.45, 2.75) is 24.0 Å². The van der Waals surface area contributed by atoms with E-state index in [-0.39, 0.29) is 27.0 Å². The second-order valence-corrected chi connectivity index (χ2v) is 8.15. The Morgan fingerprint density at radius 2 is 2.19 bits per heavy atom. The molecule has 0 fully saturated rings. The van der Waals surface area contributed by atoms with Crippen molar-refractivity contribution in [2.24, 2.45) is 5.10 Å². The highest BCUT2D eigenvalue weighted by atomic mass is 32.2. The zero-order valence-electron chi connectivity index (χ0n) is 14.7. The summed E-state index contributed by atoms with van der Waals surface area (Å²) in [6, 6.07) is 5.78. The maximum atomic E-state index is 12.0. The quantitative estimate of drug-likeness (QED) is 0.276. The maximum Gasteiger partial charge on any atom is 0.315 e. The summed E-state index contributed by atoms with van der Waals surface area (Å²) in [6.07, 6.45) is 2.79. The zero-order chi connectivity index (χ0) is 19.9. The van der Waals surface area contributed by atoms with E-state index in [1.807, 2.05) is 6.92 Å². The van der Waals surface area contributed by atoms with Gasteiger partial charge in [0.05, 0.1) is 24.9 Å². The molecule has 2 aromatic rings.